The molecule has 2 aromatic carbocycles. The summed E-state index contributed by atoms with van der Waals surface area (Å²) < 4.78 is 33.0. The number of furan rings is 1. The second-order valence-corrected chi connectivity index (χ2v) is 4.61. The van der Waals surface area contributed by atoms with Crippen molar-refractivity contribution in [2.24, 2.45) is 0 Å². The van der Waals surface area contributed by atoms with E-state index >= 15 is 0 Å². The van der Waals surface area contributed by atoms with Crippen molar-refractivity contribution in [1.82, 2.24) is 5.32 Å². The Morgan fingerprint density at radius 3 is 2.60 bits per heavy atom. The monoisotopic (exact) mass is 273 g/mol. The van der Waals surface area contributed by atoms with Gasteiger partial charge in [0.05, 0.1) is 0 Å². The fourth-order valence-corrected chi connectivity index (χ4v) is 2.20. The maximum Gasteiger partial charge on any atom is 0.170 e. The van der Waals surface area contributed by atoms with Crippen LogP contribution in [0.25, 0.3) is 22.3 Å². The summed E-state index contributed by atoms with van der Waals surface area (Å²) in [5.41, 5.74) is 1.37. The zero-order valence-electron chi connectivity index (χ0n) is 10.9. The van der Waals surface area contributed by atoms with Gasteiger partial charge in [-0.2, -0.15) is 0 Å². The molecule has 0 aliphatic carbocycles. The van der Waals surface area contributed by atoms with Gasteiger partial charge in [-0.1, -0.05) is 24.3 Å². The third-order valence-corrected chi connectivity index (χ3v) is 3.20. The lowest BCUT2D eigenvalue weighted by atomic mass is 10.1. The summed E-state index contributed by atoms with van der Waals surface area (Å²) in [5, 5.41) is 3.57. The van der Waals surface area contributed by atoms with E-state index in [0.717, 1.165) is 0 Å². The van der Waals surface area contributed by atoms with Crippen molar-refractivity contribution in [3.63, 3.8) is 0 Å². The zero-order chi connectivity index (χ0) is 14.1. The van der Waals surface area contributed by atoms with Crippen LogP contribution in [0.5, 0.6) is 0 Å². The summed E-state index contributed by atoms with van der Waals surface area (Å²) >= 11 is 0. The second-order valence-electron chi connectivity index (χ2n) is 4.61. The molecule has 2 nitrogen and oxygen atoms in total. The molecule has 0 unspecified atom stereocenters. The van der Waals surface area contributed by atoms with Crippen LogP contribution in [0.3, 0.4) is 0 Å². The summed E-state index contributed by atoms with van der Waals surface area (Å²) in [4.78, 5) is 0. The molecule has 0 atom stereocenters. The minimum absolute atomic E-state index is 0.196. The highest BCUT2D eigenvalue weighted by atomic mass is 19.1. The van der Waals surface area contributed by atoms with Gasteiger partial charge >= 0.3 is 0 Å². The molecule has 4 heteroatoms. The van der Waals surface area contributed by atoms with E-state index in [4.69, 9.17) is 4.42 Å². The van der Waals surface area contributed by atoms with E-state index in [1.165, 1.54) is 12.1 Å². The molecule has 0 amide bonds. The maximum absolute atomic E-state index is 13.9. The van der Waals surface area contributed by atoms with Gasteiger partial charge in [0, 0.05) is 23.1 Å². The first kappa shape index (κ1) is 12.8. The summed E-state index contributed by atoms with van der Waals surface area (Å²) in [6.07, 6.45) is 0. The van der Waals surface area contributed by atoms with Crippen LogP contribution in [0.2, 0.25) is 0 Å². The zero-order valence-corrected chi connectivity index (χ0v) is 10.9. The lowest BCUT2D eigenvalue weighted by molar-refractivity contribution is 0.567. The van der Waals surface area contributed by atoms with Crippen LogP contribution in [0.4, 0.5) is 8.78 Å². The molecule has 0 spiro atoms. The Balaban J connectivity index is 2.06. The smallest absolute Gasteiger partial charge is 0.170 e. The van der Waals surface area contributed by atoms with E-state index in [0.29, 0.717) is 28.8 Å². The minimum Gasteiger partial charge on any atom is -0.453 e. The van der Waals surface area contributed by atoms with E-state index in [2.05, 4.69) is 5.32 Å². The van der Waals surface area contributed by atoms with Crippen molar-refractivity contribution >= 4 is 11.0 Å². The number of fused-ring (bicyclic) bond motifs is 1. The predicted molar refractivity (Wildman–Crippen MR) is 74.3 cm³/mol. The summed E-state index contributed by atoms with van der Waals surface area (Å²) in [7, 11) is 1.76. The number of hydrogen-bond acceptors (Lipinski definition) is 2. The lowest BCUT2D eigenvalue weighted by Crippen LogP contribution is -2.06. The number of para-hydroxylation sites is 1. The number of rotatable bonds is 3. The highest BCUT2D eigenvalue weighted by Crippen LogP contribution is 2.30. The van der Waals surface area contributed by atoms with Gasteiger partial charge in [0.25, 0.3) is 0 Å². The molecule has 0 saturated carbocycles. The third kappa shape index (κ3) is 2.18. The molecule has 0 bridgehead atoms. The van der Waals surface area contributed by atoms with E-state index in [-0.39, 0.29) is 11.4 Å². The van der Waals surface area contributed by atoms with Crippen LogP contribution in [0, 0.1) is 11.6 Å². The van der Waals surface area contributed by atoms with E-state index in [1.54, 1.807) is 37.4 Å². The summed E-state index contributed by atoms with van der Waals surface area (Å²) in [5.74, 6) is -0.265. The fraction of sp³-hybridized carbons (Fsp3) is 0.125. The van der Waals surface area contributed by atoms with Crippen molar-refractivity contribution in [1.29, 1.82) is 0 Å². The molecule has 102 valence electrons. The predicted octanol–water partition coefficient (Wildman–Crippen LogP) is 4.10. The third-order valence-electron chi connectivity index (χ3n) is 3.20. The molecule has 0 radical (unpaired) electrons. The average Bonchev–Trinajstić information content (AvgIpc) is 2.87. The van der Waals surface area contributed by atoms with Crippen molar-refractivity contribution in [2.45, 2.75) is 6.54 Å². The Morgan fingerprint density at radius 2 is 1.90 bits per heavy atom. The largest absolute Gasteiger partial charge is 0.453 e. The topological polar surface area (TPSA) is 25.2 Å². The Labute approximate surface area is 115 Å². The summed E-state index contributed by atoms with van der Waals surface area (Å²) in [6.45, 7) is 0.459. The quantitative estimate of drug-likeness (QED) is 0.777. The van der Waals surface area contributed by atoms with Gasteiger partial charge < -0.3 is 9.73 Å². The molecule has 20 heavy (non-hydrogen) atoms. The van der Waals surface area contributed by atoms with Gasteiger partial charge in [-0.25, -0.2) is 8.78 Å². The molecule has 1 heterocycles. The van der Waals surface area contributed by atoms with Gasteiger partial charge in [-0.15, -0.1) is 0 Å². The van der Waals surface area contributed by atoms with Crippen LogP contribution in [0.1, 0.15) is 5.56 Å². The second kappa shape index (κ2) is 5.06. The highest BCUT2D eigenvalue weighted by molar-refractivity contribution is 5.83. The van der Waals surface area contributed by atoms with Crippen LogP contribution in [0.15, 0.2) is 46.9 Å². The van der Waals surface area contributed by atoms with Crippen molar-refractivity contribution in [3.05, 3.63) is 59.7 Å². The molecule has 3 aromatic rings. The van der Waals surface area contributed by atoms with Crippen LogP contribution < -0.4 is 5.32 Å². The number of hydrogen-bond donors (Lipinski definition) is 1. The molecule has 0 saturated heterocycles. The Morgan fingerprint density at radius 1 is 1.05 bits per heavy atom. The molecule has 0 aliphatic heterocycles. The fourth-order valence-electron chi connectivity index (χ4n) is 2.20. The highest BCUT2D eigenvalue weighted by Gasteiger charge is 2.11. The number of nitrogens with one attached hydrogen (secondary N) is 1. The maximum atomic E-state index is 13.9. The van der Waals surface area contributed by atoms with Crippen LogP contribution >= 0.6 is 0 Å². The Bertz CT molecular complexity index is 764. The van der Waals surface area contributed by atoms with Gasteiger partial charge in [-0.05, 0) is 25.2 Å². The average molecular weight is 273 g/mol. The SMILES string of the molecule is CNCc1ccc(-c2cc3cccc(F)c3o2)cc1F. The summed E-state index contributed by atoms with van der Waals surface area (Å²) in [6, 6.07) is 11.3. The van der Waals surface area contributed by atoms with Crippen molar-refractivity contribution in [2.75, 3.05) is 7.05 Å². The first-order valence-electron chi connectivity index (χ1n) is 6.30. The molecule has 3 rings (SSSR count). The van der Waals surface area contributed by atoms with E-state index in [1.807, 2.05) is 0 Å². The molecule has 1 N–H and O–H groups in total. The first-order valence-corrected chi connectivity index (χ1v) is 6.30. The van der Waals surface area contributed by atoms with Gasteiger partial charge in [0.1, 0.15) is 11.6 Å². The Hall–Kier alpha value is -2.20. The van der Waals surface area contributed by atoms with Gasteiger partial charge in [-0.3, -0.25) is 0 Å². The van der Waals surface area contributed by atoms with Crippen LogP contribution in [-0.2, 0) is 6.54 Å². The lowest BCUT2D eigenvalue weighted by Gasteiger charge is -2.03. The molecule has 0 aliphatic rings. The van der Waals surface area contributed by atoms with Gasteiger partial charge in [0.15, 0.2) is 11.4 Å². The van der Waals surface area contributed by atoms with E-state index in [9.17, 15) is 8.78 Å². The van der Waals surface area contributed by atoms with Crippen molar-refractivity contribution in [3.8, 4) is 11.3 Å². The van der Waals surface area contributed by atoms with E-state index < -0.39 is 5.82 Å². The number of halogens is 2. The Kier molecular flexibility index (Phi) is 3.24. The molecule has 0 fully saturated rings. The van der Waals surface area contributed by atoms with Gasteiger partial charge in [0.2, 0.25) is 0 Å². The van der Waals surface area contributed by atoms with Crippen LogP contribution in [-0.4, -0.2) is 7.05 Å². The normalized spacial score (nSPS) is 11.2. The first-order chi connectivity index (χ1) is 9.69. The minimum atomic E-state index is -0.416. The standard InChI is InChI=1S/C16H13F2NO/c1-19-9-12-6-5-10(7-14(12)18)15-8-11-3-2-4-13(17)16(11)20-15/h2-8,19H,9H2,1H3. The van der Waals surface area contributed by atoms with Crippen molar-refractivity contribution < 1.29 is 13.2 Å². The molecule has 1 aromatic heterocycles. The molecular weight excluding hydrogens is 260 g/mol. The number of benzene rings is 2. The molecular formula is C16H13F2NO.